The van der Waals surface area contributed by atoms with E-state index in [1.807, 2.05) is 0 Å². The van der Waals surface area contributed by atoms with Gasteiger partial charge in [-0.25, -0.2) is 8.42 Å². The molecule has 0 radical (unpaired) electrons. The number of anilines is 1. The summed E-state index contributed by atoms with van der Waals surface area (Å²) >= 11 is 30.6. The topological polar surface area (TPSA) is 86.8 Å². The van der Waals surface area contributed by atoms with Gasteiger partial charge in [0, 0.05) is 23.1 Å². The highest BCUT2D eigenvalue weighted by Crippen LogP contribution is 2.36. The number of hydrogen-bond donors (Lipinski definition) is 1. The number of amides is 2. The summed E-state index contributed by atoms with van der Waals surface area (Å²) < 4.78 is 26.2. The van der Waals surface area contributed by atoms with E-state index in [0.717, 1.165) is 10.6 Å². The van der Waals surface area contributed by atoms with Crippen molar-refractivity contribution in [2.75, 3.05) is 23.7 Å². The Morgan fingerprint density at radius 2 is 1.57 bits per heavy atom. The fraction of sp³-hybridized carbons (Fsp3) is 0.364. The van der Waals surface area contributed by atoms with E-state index in [1.54, 1.807) is 26.0 Å². The number of halogens is 5. The van der Waals surface area contributed by atoms with Crippen molar-refractivity contribution >= 4 is 85.5 Å². The molecule has 0 aromatic heterocycles. The Balaban J connectivity index is 2.53. The standard InChI is InChI=1S/C22H24Cl5N3O4S/c1-4-19(22(32)28-5-2)29(11-13-6-7-14(23)8-15(13)24)21(31)12-30(35(3,33)34)20-10-17(26)16(25)9-18(20)27/h6-10,19H,4-5,11-12H2,1-3H3,(H,28,32). The Morgan fingerprint density at radius 3 is 2.11 bits per heavy atom. The van der Waals surface area contributed by atoms with E-state index in [0.29, 0.717) is 22.2 Å². The van der Waals surface area contributed by atoms with Gasteiger partial charge in [0.05, 0.1) is 27.0 Å². The molecule has 13 heteroatoms. The van der Waals surface area contributed by atoms with E-state index in [9.17, 15) is 18.0 Å². The van der Waals surface area contributed by atoms with E-state index in [4.69, 9.17) is 58.0 Å². The molecule has 7 nitrogen and oxygen atoms in total. The first-order chi connectivity index (χ1) is 16.3. The number of rotatable bonds is 10. The monoisotopic (exact) mass is 601 g/mol. The highest BCUT2D eigenvalue weighted by Gasteiger charge is 2.32. The third kappa shape index (κ3) is 7.78. The van der Waals surface area contributed by atoms with Gasteiger partial charge in [0.2, 0.25) is 21.8 Å². The third-order valence-corrected chi connectivity index (χ3v) is 7.77. The average molecular weight is 604 g/mol. The maximum absolute atomic E-state index is 13.6. The van der Waals surface area contributed by atoms with Crippen molar-refractivity contribution in [2.45, 2.75) is 32.9 Å². The second-order valence-corrected chi connectivity index (χ2v) is 11.5. The number of carbonyl (C=O) groups is 2. The van der Waals surface area contributed by atoms with Crippen LogP contribution in [0.5, 0.6) is 0 Å². The van der Waals surface area contributed by atoms with Gasteiger partial charge in [-0.1, -0.05) is 71.0 Å². The van der Waals surface area contributed by atoms with Crippen molar-refractivity contribution in [1.82, 2.24) is 10.2 Å². The molecule has 2 amide bonds. The summed E-state index contributed by atoms with van der Waals surface area (Å²) in [5, 5.41) is 3.59. The fourth-order valence-electron chi connectivity index (χ4n) is 3.34. The quantitative estimate of drug-likeness (QED) is 0.355. The molecule has 0 aliphatic heterocycles. The number of nitrogens with one attached hydrogen (secondary N) is 1. The highest BCUT2D eigenvalue weighted by molar-refractivity contribution is 7.92. The maximum Gasteiger partial charge on any atom is 0.244 e. The van der Waals surface area contributed by atoms with Crippen LogP contribution in [0.15, 0.2) is 30.3 Å². The Bertz CT molecular complexity index is 1210. The van der Waals surface area contributed by atoms with Crippen molar-refractivity contribution < 1.29 is 18.0 Å². The lowest BCUT2D eigenvalue weighted by molar-refractivity contribution is -0.140. The lowest BCUT2D eigenvalue weighted by Crippen LogP contribution is -2.52. The van der Waals surface area contributed by atoms with E-state index in [-0.39, 0.29) is 39.6 Å². The average Bonchev–Trinajstić information content (AvgIpc) is 2.75. The molecule has 1 N–H and O–H groups in total. The summed E-state index contributed by atoms with van der Waals surface area (Å²) in [6.45, 7) is 3.15. The van der Waals surface area contributed by atoms with Crippen molar-refractivity contribution in [2.24, 2.45) is 0 Å². The zero-order valence-electron chi connectivity index (χ0n) is 19.1. The third-order valence-electron chi connectivity index (χ3n) is 5.03. The molecule has 0 aliphatic rings. The second kappa shape index (κ2) is 12.7. The minimum atomic E-state index is -3.99. The molecule has 35 heavy (non-hydrogen) atoms. The summed E-state index contributed by atoms with van der Waals surface area (Å²) in [6.07, 6.45) is 1.20. The molecule has 1 unspecified atom stereocenters. The number of nitrogens with zero attached hydrogens (tertiary/aromatic N) is 2. The zero-order valence-corrected chi connectivity index (χ0v) is 23.7. The molecular formula is C22H24Cl5N3O4S. The van der Waals surface area contributed by atoms with Crippen molar-refractivity contribution in [3.8, 4) is 0 Å². The van der Waals surface area contributed by atoms with Crippen LogP contribution in [0.3, 0.4) is 0 Å². The first-order valence-electron chi connectivity index (χ1n) is 10.4. The molecule has 0 spiro atoms. The van der Waals surface area contributed by atoms with Gasteiger partial charge in [-0.3, -0.25) is 13.9 Å². The maximum atomic E-state index is 13.6. The van der Waals surface area contributed by atoms with Gasteiger partial charge in [0.15, 0.2) is 0 Å². The van der Waals surface area contributed by atoms with Crippen molar-refractivity contribution in [3.05, 3.63) is 61.0 Å². The minimum Gasteiger partial charge on any atom is -0.355 e. The largest absolute Gasteiger partial charge is 0.355 e. The van der Waals surface area contributed by atoms with Crippen LogP contribution in [-0.4, -0.2) is 50.5 Å². The fourth-order valence-corrected chi connectivity index (χ4v) is 5.36. The Morgan fingerprint density at radius 1 is 0.943 bits per heavy atom. The molecule has 192 valence electrons. The Hall–Kier alpha value is -1.42. The van der Waals surface area contributed by atoms with Crippen LogP contribution in [0.1, 0.15) is 25.8 Å². The van der Waals surface area contributed by atoms with E-state index < -0.39 is 28.5 Å². The lowest BCUT2D eigenvalue weighted by atomic mass is 10.1. The molecule has 0 saturated carbocycles. The van der Waals surface area contributed by atoms with Crippen LogP contribution in [0.25, 0.3) is 0 Å². The molecule has 0 fully saturated rings. The molecule has 2 aromatic carbocycles. The summed E-state index contributed by atoms with van der Waals surface area (Å²) in [4.78, 5) is 27.7. The van der Waals surface area contributed by atoms with Crippen LogP contribution in [0, 0.1) is 0 Å². The molecule has 0 saturated heterocycles. The zero-order chi connectivity index (χ0) is 26.5. The van der Waals surface area contributed by atoms with Gasteiger partial charge in [-0.05, 0) is 43.2 Å². The number of likely N-dealkylation sites (N-methyl/N-ethyl adjacent to an activating group) is 1. The number of carbonyl (C=O) groups excluding carboxylic acids is 2. The van der Waals surface area contributed by atoms with Crippen molar-refractivity contribution in [1.29, 1.82) is 0 Å². The number of sulfonamides is 1. The van der Waals surface area contributed by atoms with Crippen molar-refractivity contribution in [3.63, 3.8) is 0 Å². The molecule has 2 rings (SSSR count). The predicted octanol–water partition coefficient (Wildman–Crippen LogP) is 5.66. The van der Waals surface area contributed by atoms with E-state index >= 15 is 0 Å². The number of hydrogen-bond acceptors (Lipinski definition) is 4. The van der Waals surface area contributed by atoms with Crippen LogP contribution < -0.4 is 9.62 Å². The van der Waals surface area contributed by atoms with Gasteiger partial charge < -0.3 is 10.2 Å². The predicted molar refractivity (Wildman–Crippen MR) is 143 cm³/mol. The van der Waals surface area contributed by atoms with E-state index in [1.165, 1.54) is 23.1 Å². The van der Waals surface area contributed by atoms with Gasteiger partial charge in [-0.15, -0.1) is 0 Å². The first kappa shape index (κ1) is 29.8. The van der Waals surface area contributed by atoms with E-state index in [2.05, 4.69) is 5.32 Å². The molecule has 1 atom stereocenters. The summed E-state index contributed by atoms with van der Waals surface area (Å²) in [6, 6.07) is 6.43. The molecular weight excluding hydrogens is 580 g/mol. The van der Waals surface area contributed by atoms with Gasteiger partial charge in [-0.2, -0.15) is 0 Å². The second-order valence-electron chi connectivity index (χ2n) is 7.56. The summed E-state index contributed by atoms with van der Waals surface area (Å²) in [7, 11) is -3.99. The number of benzene rings is 2. The molecule has 0 aliphatic carbocycles. The van der Waals surface area contributed by atoms with Crippen LogP contribution >= 0.6 is 58.0 Å². The Labute approximate surface area is 230 Å². The van der Waals surface area contributed by atoms with Gasteiger partial charge in [0.1, 0.15) is 12.6 Å². The minimum absolute atomic E-state index is 0.0133. The molecule has 2 aromatic rings. The van der Waals surface area contributed by atoms with Crippen LogP contribution in [-0.2, 0) is 26.2 Å². The Kier molecular flexibility index (Phi) is 10.8. The van der Waals surface area contributed by atoms with Gasteiger partial charge in [0.25, 0.3) is 0 Å². The normalized spacial score (nSPS) is 12.2. The highest BCUT2D eigenvalue weighted by atomic mass is 35.5. The molecule has 0 heterocycles. The molecule has 0 bridgehead atoms. The SMILES string of the molecule is CCNC(=O)C(CC)N(Cc1ccc(Cl)cc1Cl)C(=O)CN(c1cc(Cl)c(Cl)cc1Cl)S(C)(=O)=O. The smallest absolute Gasteiger partial charge is 0.244 e. The van der Waals surface area contributed by atoms with Gasteiger partial charge >= 0.3 is 0 Å². The first-order valence-corrected chi connectivity index (χ1v) is 14.2. The van der Waals surface area contributed by atoms with Crippen LogP contribution in [0.4, 0.5) is 5.69 Å². The summed E-state index contributed by atoms with van der Waals surface area (Å²) in [5.74, 6) is -1.03. The lowest BCUT2D eigenvalue weighted by Gasteiger charge is -2.33. The summed E-state index contributed by atoms with van der Waals surface area (Å²) in [5.41, 5.74) is 0.512. The van der Waals surface area contributed by atoms with Crippen LogP contribution in [0.2, 0.25) is 25.1 Å².